The third-order valence-electron chi connectivity index (χ3n) is 6.17. The molecule has 10 heteroatoms. The van der Waals surface area contributed by atoms with Gasteiger partial charge >= 0.3 is 0 Å². The van der Waals surface area contributed by atoms with Crippen molar-refractivity contribution in [1.82, 2.24) is 14.8 Å². The van der Waals surface area contributed by atoms with Crippen molar-refractivity contribution >= 4 is 15.9 Å². The van der Waals surface area contributed by atoms with Gasteiger partial charge in [0.25, 0.3) is 5.91 Å². The van der Waals surface area contributed by atoms with Crippen LogP contribution in [0, 0.1) is 5.92 Å². The Kier molecular flexibility index (Phi) is 9.40. The molecule has 0 saturated heterocycles. The molecule has 0 spiro atoms. The van der Waals surface area contributed by atoms with Gasteiger partial charge in [-0.05, 0) is 80.0 Å². The second kappa shape index (κ2) is 12.3. The van der Waals surface area contributed by atoms with Crippen molar-refractivity contribution in [2.24, 2.45) is 5.92 Å². The third-order valence-corrected chi connectivity index (χ3v) is 8.01. The number of methoxy groups -OCH3 is 1. The number of nitrogens with one attached hydrogen (secondary N) is 1. The maximum absolute atomic E-state index is 13.8. The number of hydrogen-bond donors (Lipinski definition) is 2. The normalized spacial score (nSPS) is 19.5. The molecule has 1 heterocycles. The van der Waals surface area contributed by atoms with Crippen molar-refractivity contribution in [3.8, 4) is 5.75 Å². The number of sulfonamides is 1. The number of hydrogen-bond acceptors (Lipinski definition) is 7. The summed E-state index contributed by atoms with van der Waals surface area (Å²) >= 11 is 0. The lowest BCUT2D eigenvalue weighted by Gasteiger charge is -2.38. The smallest absolute Gasteiger partial charge is 0.262 e. The molecule has 0 aliphatic heterocycles. The highest BCUT2D eigenvalue weighted by Gasteiger charge is 2.42. The van der Waals surface area contributed by atoms with Crippen LogP contribution in [0.2, 0.25) is 0 Å². The maximum Gasteiger partial charge on any atom is 0.262 e. The van der Waals surface area contributed by atoms with Crippen LogP contribution in [-0.4, -0.2) is 54.7 Å². The fourth-order valence-corrected chi connectivity index (χ4v) is 6.02. The van der Waals surface area contributed by atoms with E-state index in [-0.39, 0.29) is 23.5 Å². The Morgan fingerprint density at radius 1 is 1.15 bits per heavy atom. The monoisotopic (exact) mass is 491 g/mol. The van der Waals surface area contributed by atoms with Crippen molar-refractivity contribution in [2.45, 2.75) is 62.6 Å². The zero-order chi connectivity index (χ0) is 24.6. The lowest BCUT2D eigenvalue weighted by molar-refractivity contribution is -0.136. The summed E-state index contributed by atoms with van der Waals surface area (Å²) in [5.74, 6) is -0.498. The minimum Gasteiger partial charge on any atom is -0.497 e. The van der Waals surface area contributed by atoms with E-state index in [1.54, 1.807) is 42.1 Å². The zero-order valence-electron chi connectivity index (χ0n) is 19.6. The van der Waals surface area contributed by atoms with E-state index in [1.807, 2.05) is 6.92 Å². The molecule has 2 aromatic rings. The molecule has 3 rings (SSSR count). The Morgan fingerprint density at radius 2 is 1.79 bits per heavy atom. The summed E-state index contributed by atoms with van der Waals surface area (Å²) < 4.78 is 39.9. The number of carbonyl (C=O) groups is 1. The number of nitrogens with zero attached hydrogens (tertiary/aromatic N) is 2. The number of benzene rings is 1. The van der Waals surface area contributed by atoms with Crippen LogP contribution in [-0.2, 0) is 26.1 Å². The van der Waals surface area contributed by atoms with E-state index in [1.165, 1.54) is 23.5 Å². The summed E-state index contributed by atoms with van der Waals surface area (Å²) in [5.41, 5.74) is 2.39. The fraction of sp³-hybridized carbons (Fsp3) is 0.500. The van der Waals surface area contributed by atoms with Crippen LogP contribution >= 0.6 is 0 Å². The standard InChI is InChI=1S/C24H33N3O6S/c1-3-16-33-21-6-4-19(5-7-21)23(24(28)26-29)27(17-18-12-14-25-15-13-18)34(30,31)22-10-8-20(32-2)9-11-22/h8-15,19,21,23,29H,3-7,16-17H2,1-2H3,(H,26,28)/t19?,21?,23-/m0/s1. The van der Waals surface area contributed by atoms with E-state index in [9.17, 15) is 18.4 Å². The molecule has 0 bridgehead atoms. The van der Waals surface area contributed by atoms with Gasteiger partial charge in [0.2, 0.25) is 10.0 Å². The Morgan fingerprint density at radius 3 is 2.35 bits per heavy atom. The lowest BCUT2D eigenvalue weighted by Crippen LogP contribution is -2.53. The summed E-state index contributed by atoms with van der Waals surface area (Å²) in [6, 6.07) is 8.37. The number of aromatic nitrogens is 1. The van der Waals surface area contributed by atoms with Gasteiger partial charge in [0.1, 0.15) is 11.8 Å². The zero-order valence-corrected chi connectivity index (χ0v) is 20.4. The molecule has 2 N–H and O–H groups in total. The molecule has 1 aromatic heterocycles. The first-order valence-corrected chi connectivity index (χ1v) is 12.9. The molecular formula is C24H33N3O6S. The number of ether oxygens (including phenoxy) is 2. The number of rotatable bonds is 11. The van der Waals surface area contributed by atoms with E-state index in [2.05, 4.69) is 4.98 Å². The quantitative estimate of drug-likeness (QED) is 0.366. The Bertz CT molecular complexity index is 1010. The van der Waals surface area contributed by atoms with E-state index in [4.69, 9.17) is 9.47 Å². The average molecular weight is 492 g/mol. The molecule has 1 saturated carbocycles. The Labute approximate surface area is 201 Å². The van der Waals surface area contributed by atoms with Gasteiger partial charge < -0.3 is 9.47 Å². The molecule has 1 aromatic carbocycles. The molecule has 186 valence electrons. The van der Waals surface area contributed by atoms with Crippen molar-refractivity contribution in [2.75, 3.05) is 13.7 Å². The Balaban J connectivity index is 1.96. The van der Waals surface area contributed by atoms with Crippen LogP contribution in [0.3, 0.4) is 0 Å². The first-order chi connectivity index (χ1) is 16.4. The number of hydroxylamine groups is 1. The highest BCUT2D eigenvalue weighted by molar-refractivity contribution is 7.89. The minimum atomic E-state index is -4.10. The summed E-state index contributed by atoms with van der Waals surface area (Å²) in [5, 5.41) is 9.55. The van der Waals surface area contributed by atoms with Gasteiger partial charge in [0, 0.05) is 25.5 Å². The molecule has 0 unspecified atom stereocenters. The SMILES string of the molecule is CCCOC1CCC([C@@H](C(=O)NO)N(Cc2ccncc2)S(=O)(=O)c2ccc(OC)cc2)CC1. The average Bonchev–Trinajstić information content (AvgIpc) is 2.88. The molecule has 1 aliphatic rings. The second-order valence-corrected chi connectivity index (χ2v) is 10.3. The predicted molar refractivity (Wildman–Crippen MR) is 126 cm³/mol. The summed E-state index contributed by atoms with van der Waals surface area (Å²) in [7, 11) is -2.60. The first-order valence-electron chi connectivity index (χ1n) is 11.5. The van der Waals surface area contributed by atoms with Gasteiger partial charge in [-0.15, -0.1) is 0 Å². The molecule has 1 aliphatic carbocycles. The van der Waals surface area contributed by atoms with Gasteiger partial charge in [-0.25, -0.2) is 13.9 Å². The number of carbonyl (C=O) groups excluding carboxylic acids is 1. The number of pyridine rings is 1. The van der Waals surface area contributed by atoms with E-state index < -0.39 is 22.0 Å². The van der Waals surface area contributed by atoms with E-state index >= 15 is 0 Å². The molecule has 9 nitrogen and oxygen atoms in total. The van der Waals surface area contributed by atoms with Crippen LogP contribution in [0.1, 0.15) is 44.6 Å². The predicted octanol–water partition coefficient (Wildman–Crippen LogP) is 3.14. The Hall–Kier alpha value is -2.53. The van der Waals surface area contributed by atoms with Crippen LogP contribution in [0.4, 0.5) is 0 Å². The van der Waals surface area contributed by atoms with Gasteiger partial charge in [-0.2, -0.15) is 4.31 Å². The first kappa shape index (κ1) is 26.1. The summed E-state index contributed by atoms with van der Waals surface area (Å²) in [4.78, 5) is 17.0. The highest BCUT2D eigenvalue weighted by atomic mass is 32.2. The van der Waals surface area contributed by atoms with Crippen molar-refractivity contribution in [1.29, 1.82) is 0 Å². The molecule has 1 amide bonds. The third kappa shape index (κ3) is 6.32. The van der Waals surface area contributed by atoms with Crippen molar-refractivity contribution < 1.29 is 27.9 Å². The topological polar surface area (TPSA) is 118 Å². The molecule has 0 radical (unpaired) electrons. The molecule has 1 fully saturated rings. The second-order valence-electron chi connectivity index (χ2n) is 8.41. The minimum absolute atomic E-state index is 0.0399. The van der Waals surface area contributed by atoms with Crippen molar-refractivity contribution in [3.63, 3.8) is 0 Å². The fourth-order valence-electron chi connectivity index (χ4n) is 4.39. The van der Waals surface area contributed by atoms with E-state index in [0.29, 0.717) is 30.8 Å². The summed E-state index contributed by atoms with van der Waals surface area (Å²) in [6.07, 6.45) is 6.85. The largest absolute Gasteiger partial charge is 0.497 e. The van der Waals surface area contributed by atoms with Crippen LogP contribution in [0.25, 0.3) is 0 Å². The van der Waals surface area contributed by atoms with Gasteiger partial charge in [0.05, 0.1) is 18.1 Å². The van der Waals surface area contributed by atoms with Crippen LogP contribution in [0.15, 0.2) is 53.7 Å². The molecule has 34 heavy (non-hydrogen) atoms. The molecule has 1 atom stereocenters. The summed E-state index contributed by atoms with van der Waals surface area (Å²) in [6.45, 7) is 2.69. The number of amides is 1. The van der Waals surface area contributed by atoms with E-state index in [0.717, 1.165) is 19.3 Å². The maximum atomic E-state index is 13.8. The lowest BCUT2D eigenvalue weighted by atomic mass is 9.82. The van der Waals surface area contributed by atoms with Gasteiger partial charge in [-0.1, -0.05) is 6.92 Å². The van der Waals surface area contributed by atoms with Crippen LogP contribution in [0.5, 0.6) is 5.75 Å². The van der Waals surface area contributed by atoms with Crippen molar-refractivity contribution in [3.05, 3.63) is 54.4 Å². The highest BCUT2D eigenvalue weighted by Crippen LogP contribution is 2.34. The van der Waals surface area contributed by atoms with Gasteiger partial charge in [0.15, 0.2) is 0 Å². The molecular weight excluding hydrogens is 458 g/mol. The van der Waals surface area contributed by atoms with Crippen LogP contribution < -0.4 is 10.2 Å². The van der Waals surface area contributed by atoms with Gasteiger partial charge in [-0.3, -0.25) is 15.0 Å².